The molecule has 0 spiro atoms. The number of methoxy groups -OCH3 is 1. The summed E-state index contributed by atoms with van der Waals surface area (Å²) in [6, 6.07) is 7.21. The van der Waals surface area contributed by atoms with E-state index in [2.05, 4.69) is 5.32 Å². The molecule has 0 saturated carbocycles. The van der Waals surface area contributed by atoms with Gasteiger partial charge in [-0.15, -0.1) is 0 Å². The summed E-state index contributed by atoms with van der Waals surface area (Å²) in [6.45, 7) is 0.790. The monoisotopic (exact) mass is 299 g/mol. The molecule has 112 valence electrons. The molecule has 20 heavy (non-hydrogen) atoms. The standard InChI is InChI=1S/C14H21NO4S/c1-18-12-5-2-3-6-13(12)19-11-14(17)15-7-10-20-9-4-8-16/h2-3,5-6,16H,4,7-11H2,1H3,(H,15,17). The lowest BCUT2D eigenvalue weighted by Crippen LogP contribution is -2.30. The molecule has 0 radical (unpaired) electrons. The van der Waals surface area contributed by atoms with E-state index in [-0.39, 0.29) is 19.1 Å². The molecule has 0 saturated heterocycles. The number of aliphatic hydroxyl groups excluding tert-OH is 1. The van der Waals surface area contributed by atoms with Crippen LogP contribution in [0.25, 0.3) is 0 Å². The Balaban J connectivity index is 2.16. The van der Waals surface area contributed by atoms with Gasteiger partial charge in [-0.1, -0.05) is 12.1 Å². The van der Waals surface area contributed by atoms with E-state index >= 15 is 0 Å². The number of hydrogen-bond acceptors (Lipinski definition) is 5. The maximum Gasteiger partial charge on any atom is 0.257 e. The molecule has 5 nitrogen and oxygen atoms in total. The predicted molar refractivity (Wildman–Crippen MR) is 80.5 cm³/mol. The first kappa shape index (κ1) is 16.7. The van der Waals surface area contributed by atoms with E-state index in [9.17, 15) is 4.79 Å². The van der Waals surface area contributed by atoms with Gasteiger partial charge in [-0.05, 0) is 24.3 Å². The summed E-state index contributed by atoms with van der Waals surface area (Å²) in [5, 5.41) is 11.4. The molecule has 0 heterocycles. The minimum absolute atomic E-state index is 0.0261. The van der Waals surface area contributed by atoms with Gasteiger partial charge < -0.3 is 19.9 Å². The maximum atomic E-state index is 11.6. The largest absolute Gasteiger partial charge is 0.493 e. The fourth-order valence-electron chi connectivity index (χ4n) is 1.46. The highest BCUT2D eigenvalue weighted by Crippen LogP contribution is 2.25. The molecule has 0 aliphatic carbocycles. The molecule has 0 fully saturated rings. The van der Waals surface area contributed by atoms with Gasteiger partial charge in [0, 0.05) is 18.9 Å². The van der Waals surface area contributed by atoms with Crippen molar-refractivity contribution in [2.45, 2.75) is 6.42 Å². The average molecular weight is 299 g/mol. The molecule has 2 N–H and O–H groups in total. The van der Waals surface area contributed by atoms with Crippen LogP contribution >= 0.6 is 11.8 Å². The highest BCUT2D eigenvalue weighted by atomic mass is 32.2. The Morgan fingerprint density at radius 3 is 2.75 bits per heavy atom. The second-order valence-corrected chi connectivity index (χ2v) is 5.20. The zero-order valence-electron chi connectivity index (χ0n) is 11.6. The highest BCUT2D eigenvalue weighted by Gasteiger charge is 2.06. The number of carbonyl (C=O) groups is 1. The third kappa shape index (κ3) is 6.68. The van der Waals surface area contributed by atoms with Gasteiger partial charge in [0.1, 0.15) is 0 Å². The lowest BCUT2D eigenvalue weighted by molar-refractivity contribution is -0.122. The van der Waals surface area contributed by atoms with E-state index in [1.54, 1.807) is 31.0 Å². The van der Waals surface area contributed by atoms with Gasteiger partial charge in [-0.3, -0.25) is 4.79 Å². The van der Waals surface area contributed by atoms with Crippen molar-refractivity contribution in [2.75, 3.05) is 38.4 Å². The van der Waals surface area contributed by atoms with Crippen molar-refractivity contribution < 1.29 is 19.4 Å². The Kier molecular flexibility index (Phi) is 8.66. The summed E-state index contributed by atoms with van der Waals surface area (Å²) >= 11 is 1.70. The fraction of sp³-hybridized carbons (Fsp3) is 0.500. The number of ether oxygens (including phenoxy) is 2. The van der Waals surface area contributed by atoms with Crippen molar-refractivity contribution in [3.8, 4) is 11.5 Å². The number of carbonyl (C=O) groups excluding carboxylic acids is 1. The summed E-state index contributed by atoms with van der Waals surface area (Å²) < 4.78 is 10.5. The van der Waals surface area contributed by atoms with Crippen LogP contribution < -0.4 is 14.8 Å². The first-order chi connectivity index (χ1) is 9.77. The average Bonchev–Trinajstić information content (AvgIpc) is 2.49. The van der Waals surface area contributed by atoms with E-state index in [4.69, 9.17) is 14.6 Å². The fourth-order valence-corrected chi connectivity index (χ4v) is 2.25. The van der Waals surface area contributed by atoms with Crippen LogP contribution in [0.3, 0.4) is 0 Å². The molecule has 0 unspecified atom stereocenters. The van der Waals surface area contributed by atoms with Crippen LogP contribution in [0.4, 0.5) is 0 Å². The third-order valence-corrected chi connectivity index (χ3v) is 3.51. The Morgan fingerprint density at radius 2 is 2.05 bits per heavy atom. The molecule has 0 atom stereocenters. The molecule has 0 aliphatic heterocycles. The van der Waals surface area contributed by atoms with Gasteiger partial charge in [0.25, 0.3) is 5.91 Å². The molecule has 6 heteroatoms. The summed E-state index contributed by atoms with van der Waals surface area (Å²) in [5.41, 5.74) is 0. The zero-order chi connectivity index (χ0) is 14.6. The van der Waals surface area contributed by atoms with Crippen LogP contribution in [0.2, 0.25) is 0 Å². The van der Waals surface area contributed by atoms with Gasteiger partial charge in [-0.25, -0.2) is 0 Å². The van der Waals surface area contributed by atoms with Crippen molar-refractivity contribution in [3.63, 3.8) is 0 Å². The number of para-hydroxylation sites is 2. The Morgan fingerprint density at radius 1 is 1.30 bits per heavy atom. The molecular formula is C14H21NO4S. The number of thioether (sulfide) groups is 1. The summed E-state index contributed by atoms with van der Waals surface area (Å²) in [6.07, 6.45) is 0.787. The van der Waals surface area contributed by atoms with Crippen molar-refractivity contribution in [1.29, 1.82) is 0 Å². The smallest absolute Gasteiger partial charge is 0.257 e. The topological polar surface area (TPSA) is 67.8 Å². The van der Waals surface area contributed by atoms with Crippen LogP contribution in [-0.2, 0) is 4.79 Å². The van der Waals surface area contributed by atoms with Gasteiger partial charge in [0.05, 0.1) is 7.11 Å². The van der Waals surface area contributed by atoms with Gasteiger partial charge in [0.15, 0.2) is 18.1 Å². The molecule has 1 rings (SSSR count). The number of nitrogens with one attached hydrogen (secondary N) is 1. The van der Waals surface area contributed by atoms with Crippen LogP contribution in [-0.4, -0.2) is 49.4 Å². The van der Waals surface area contributed by atoms with Gasteiger partial charge in [0.2, 0.25) is 0 Å². The lowest BCUT2D eigenvalue weighted by Gasteiger charge is -2.10. The van der Waals surface area contributed by atoms with Gasteiger partial charge >= 0.3 is 0 Å². The minimum Gasteiger partial charge on any atom is -0.493 e. The first-order valence-corrected chi connectivity index (χ1v) is 7.64. The summed E-state index contributed by atoms with van der Waals surface area (Å²) in [4.78, 5) is 11.6. The summed E-state index contributed by atoms with van der Waals surface area (Å²) in [7, 11) is 1.56. The molecule has 1 amide bonds. The van der Waals surface area contributed by atoms with Crippen molar-refractivity contribution in [1.82, 2.24) is 5.32 Å². The molecule has 1 aromatic carbocycles. The van der Waals surface area contributed by atoms with E-state index in [1.807, 2.05) is 12.1 Å². The van der Waals surface area contributed by atoms with E-state index in [0.717, 1.165) is 17.9 Å². The van der Waals surface area contributed by atoms with E-state index in [0.29, 0.717) is 18.0 Å². The third-order valence-electron chi connectivity index (χ3n) is 2.44. The molecule has 0 aromatic heterocycles. The number of rotatable bonds is 10. The molecule has 0 bridgehead atoms. The normalized spacial score (nSPS) is 10.1. The number of aliphatic hydroxyl groups is 1. The lowest BCUT2D eigenvalue weighted by atomic mass is 10.3. The quantitative estimate of drug-likeness (QED) is 0.638. The highest BCUT2D eigenvalue weighted by molar-refractivity contribution is 7.99. The Bertz CT molecular complexity index is 401. The van der Waals surface area contributed by atoms with Crippen LogP contribution in [0.1, 0.15) is 6.42 Å². The molecule has 0 aliphatic rings. The van der Waals surface area contributed by atoms with E-state index in [1.165, 1.54) is 0 Å². The SMILES string of the molecule is COc1ccccc1OCC(=O)NCCSCCCO. The zero-order valence-corrected chi connectivity index (χ0v) is 12.4. The van der Waals surface area contributed by atoms with Crippen LogP contribution in [0, 0.1) is 0 Å². The van der Waals surface area contributed by atoms with Crippen molar-refractivity contribution in [3.05, 3.63) is 24.3 Å². The van der Waals surface area contributed by atoms with Crippen molar-refractivity contribution in [2.24, 2.45) is 0 Å². The second-order valence-electron chi connectivity index (χ2n) is 3.98. The number of benzene rings is 1. The van der Waals surface area contributed by atoms with Crippen molar-refractivity contribution >= 4 is 17.7 Å². The second kappa shape index (κ2) is 10.4. The first-order valence-electron chi connectivity index (χ1n) is 6.49. The Hall–Kier alpha value is -1.40. The number of amides is 1. The molecule has 1 aromatic rings. The van der Waals surface area contributed by atoms with Crippen LogP contribution in [0.5, 0.6) is 11.5 Å². The molecular weight excluding hydrogens is 278 g/mol. The number of hydrogen-bond donors (Lipinski definition) is 2. The Labute approximate surface area is 123 Å². The van der Waals surface area contributed by atoms with Gasteiger partial charge in [-0.2, -0.15) is 11.8 Å². The minimum atomic E-state index is -0.154. The van der Waals surface area contributed by atoms with Crippen LogP contribution in [0.15, 0.2) is 24.3 Å². The predicted octanol–water partition coefficient (Wildman–Crippen LogP) is 1.31. The maximum absolute atomic E-state index is 11.6. The van der Waals surface area contributed by atoms with E-state index < -0.39 is 0 Å². The summed E-state index contributed by atoms with van der Waals surface area (Å²) in [5.74, 6) is 2.76.